The first-order chi connectivity index (χ1) is 10.0. The highest BCUT2D eigenvalue weighted by Crippen LogP contribution is 2.31. The molecule has 1 aromatic rings. The van der Waals surface area contributed by atoms with Crippen molar-refractivity contribution in [1.29, 1.82) is 0 Å². The summed E-state index contributed by atoms with van der Waals surface area (Å²) in [6.45, 7) is 7.37. The monoisotopic (exact) mass is 293 g/mol. The smallest absolute Gasteiger partial charge is 0.226 e. The Balaban J connectivity index is 1.94. The van der Waals surface area contributed by atoms with Crippen molar-refractivity contribution < 1.29 is 9.84 Å². The van der Waals surface area contributed by atoms with Crippen LogP contribution in [-0.4, -0.2) is 33.8 Å². The summed E-state index contributed by atoms with van der Waals surface area (Å²) >= 11 is 0. The second kappa shape index (κ2) is 7.07. The Morgan fingerprint density at radius 3 is 2.76 bits per heavy atom. The van der Waals surface area contributed by atoms with Crippen LogP contribution in [0.4, 0.5) is 5.95 Å². The van der Waals surface area contributed by atoms with E-state index >= 15 is 0 Å². The van der Waals surface area contributed by atoms with Gasteiger partial charge in [-0.05, 0) is 44.9 Å². The number of aryl methyl sites for hydroxylation is 1. The molecule has 5 heteroatoms. The molecule has 0 aliphatic heterocycles. The molecule has 1 aliphatic rings. The number of hydrogen-bond acceptors (Lipinski definition) is 5. The topological polar surface area (TPSA) is 67.3 Å². The largest absolute Gasteiger partial charge is 0.478 e. The summed E-state index contributed by atoms with van der Waals surface area (Å²) in [4.78, 5) is 8.71. The van der Waals surface area contributed by atoms with Gasteiger partial charge in [-0.2, -0.15) is 4.98 Å². The zero-order chi connectivity index (χ0) is 15.3. The predicted octanol–water partition coefficient (Wildman–Crippen LogP) is 2.93. The number of nitrogens with zero attached hydrogens (tertiary/aromatic N) is 2. The molecule has 0 amide bonds. The Labute approximate surface area is 127 Å². The third kappa shape index (κ3) is 4.84. The van der Waals surface area contributed by atoms with Crippen molar-refractivity contribution in [3.8, 4) is 5.88 Å². The van der Waals surface area contributed by atoms with E-state index in [9.17, 15) is 5.11 Å². The van der Waals surface area contributed by atoms with Gasteiger partial charge in [0, 0.05) is 18.3 Å². The van der Waals surface area contributed by atoms with Crippen molar-refractivity contribution in [3.63, 3.8) is 0 Å². The summed E-state index contributed by atoms with van der Waals surface area (Å²) < 4.78 is 5.55. The number of aromatic nitrogens is 2. The molecule has 1 saturated carbocycles. The molecule has 21 heavy (non-hydrogen) atoms. The van der Waals surface area contributed by atoms with Crippen LogP contribution < -0.4 is 10.1 Å². The SMILES string of the molecule is CCCOc1cc(C)nc(NCC2(O)CCC(C)CC2)n1. The third-order valence-electron chi connectivity index (χ3n) is 4.07. The fourth-order valence-corrected chi connectivity index (χ4v) is 2.62. The van der Waals surface area contributed by atoms with Crippen LogP contribution in [0.15, 0.2) is 6.07 Å². The first-order valence-corrected chi connectivity index (χ1v) is 7.95. The fourth-order valence-electron chi connectivity index (χ4n) is 2.62. The van der Waals surface area contributed by atoms with Crippen molar-refractivity contribution in [3.05, 3.63) is 11.8 Å². The molecule has 0 atom stereocenters. The minimum atomic E-state index is -0.635. The lowest BCUT2D eigenvalue weighted by Gasteiger charge is -2.34. The van der Waals surface area contributed by atoms with E-state index in [0.29, 0.717) is 25.0 Å². The Kier molecular flexibility index (Phi) is 5.39. The van der Waals surface area contributed by atoms with Crippen LogP contribution in [0.1, 0.15) is 51.6 Å². The summed E-state index contributed by atoms with van der Waals surface area (Å²) in [5.74, 6) is 1.85. The van der Waals surface area contributed by atoms with Crippen LogP contribution in [0, 0.1) is 12.8 Å². The van der Waals surface area contributed by atoms with E-state index in [0.717, 1.165) is 43.7 Å². The zero-order valence-corrected chi connectivity index (χ0v) is 13.4. The van der Waals surface area contributed by atoms with E-state index in [1.807, 2.05) is 13.0 Å². The number of anilines is 1. The van der Waals surface area contributed by atoms with Crippen LogP contribution in [0.3, 0.4) is 0 Å². The third-order valence-corrected chi connectivity index (χ3v) is 4.07. The quantitative estimate of drug-likeness (QED) is 0.844. The normalized spacial score (nSPS) is 25.6. The van der Waals surface area contributed by atoms with E-state index < -0.39 is 5.60 Å². The van der Waals surface area contributed by atoms with Crippen molar-refractivity contribution in [2.45, 2.75) is 58.5 Å². The molecule has 0 aromatic carbocycles. The van der Waals surface area contributed by atoms with Crippen LogP contribution in [-0.2, 0) is 0 Å². The lowest BCUT2D eigenvalue weighted by molar-refractivity contribution is 0.00486. The van der Waals surface area contributed by atoms with Crippen molar-refractivity contribution in [1.82, 2.24) is 9.97 Å². The fraction of sp³-hybridized carbons (Fsp3) is 0.750. The van der Waals surface area contributed by atoms with Gasteiger partial charge in [0.25, 0.3) is 0 Å². The second-order valence-corrected chi connectivity index (χ2v) is 6.28. The van der Waals surface area contributed by atoms with Gasteiger partial charge < -0.3 is 15.2 Å². The highest BCUT2D eigenvalue weighted by atomic mass is 16.5. The highest BCUT2D eigenvalue weighted by Gasteiger charge is 2.31. The number of nitrogens with one attached hydrogen (secondary N) is 1. The summed E-state index contributed by atoms with van der Waals surface area (Å²) in [7, 11) is 0. The zero-order valence-electron chi connectivity index (χ0n) is 13.4. The van der Waals surface area contributed by atoms with E-state index in [1.165, 1.54) is 0 Å². The van der Waals surface area contributed by atoms with Gasteiger partial charge in [-0.25, -0.2) is 4.98 Å². The van der Waals surface area contributed by atoms with E-state index in [4.69, 9.17) is 4.74 Å². The molecular formula is C16H27N3O2. The van der Waals surface area contributed by atoms with Gasteiger partial charge in [-0.1, -0.05) is 13.8 Å². The van der Waals surface area contributed by atoms with Gasteiger partial charge in [0.2, 0.25) is 11.8 Å². The first-order valence-electron chi connectivity index (χ1n) is 7.95. The second-order valence-electron chi connectivity index (χ2n) is 6.28. The van der Waals surface area contributed by atoms with Crippen LogP contribution >= 0.6 is 0 Å². The van der Waals surface area contributed by atoms with Gasteiger partial charge in [-0.3, -0.25) is 0 Å². The molecule has 1 heterocycles. The lowest BCUT2D eigenvalue weighted by Crippen LogP contribution is -2.40. The average Bonchev–Trinajstić information content (AvgIpc) is 2.46. The van der Waals surface area contributed by atoms with Gasteiger partial charge >= 0.3 is 0 Å². The lowest BCUT2D eigenvalue weighted by atomic mass is 9.79. The summed E-state index contributed by atoms with van der Waals surface area (Å²) in [6, 6.07) is 1.83. The highest BCUT2D eigenvalue weighted by molar-refractivity contribution is 5.31. The molecule has 0 saturated heterocycles. The number of ether oxygens (including phenoxy) is 1. The van der Waals surface area contributed by atoms with E-state index in [2.05, 4.69) is 29.1 Å². The van der Waals surface area contributed by atoms with Crippen LogP contribution in [0.5, 0.6) is 5.88 Å². The number of aliphatic hydroxyl groups is 1. The number of rotatable bonds is 6. The van der Waals surface area contributed by atoms with Crippen molar-refractivity contribution in [2.75, 3.05) is 18.5 Å². The number of hydrogen-bond donors (Lipinski definition) is 2. The Morgan fingerprint density at radius 1 is 1.38 bits per heavy atom. The van der Waals surface area contributed by atoms with Gasteiger partial charge in [-0.15, -0.1) is 0 Å². The first kappa shape index (κ1) is 16.0. The Morgan fingerprint density at radius 2 is 2.10 bits per heavy atom. The molecule has 0 unspecified atom stereocenters. The van der Waals surface area contributed by atoms with Crippen molar-refractivity contribution >= 4 is 5.95 Å². The summed E-state index contributed by atoms with van der Waals surface area (Å²) in [5, 5.41) is 13.8. The molecule has 2 N–H and O–H groups in total. The summed E-state index contributed by atoms with van der Waals surface area (Å²) in [6.07, 6.45) is 4.79. The maximum atomic E-state index is 10.6. The Hall–Kier alpha value is -1.36. The molecular weight excluding hydrogens is 266 g/mol. The molecule has 5 nitrogen and oxygen atoms in total. The molecule has 1 aromatic heterocycles. The summed E-state index contributed by atoms with van der Waals surface area (Å²) in [5.41, 5.74) is 0.229. The minimum Gasteiger partial charge on any atom is -0.478 e. The van der Waals surface area contributed by atoms with Crippen LogP contribution in [0.25, 0.3) is 0 Å². The Bertz CT molecular complexity index is 457. The van der Waals surface area contributed by atoms with Gasteiger partial charge in [0.15, 0.2) is 0 Å². The predicted molar refractivity (Wildman–Crippen MR) is 83.6 cm³/mol. The molecule has 2 rings (SSSR count). The molecule has 1 fully saturated rings. The molecule has 0 bridgehead atoms. The minimum absolute atomic E-state index is 0.496. The standard InChI is InChI=1S/C16H27N3O2/c1-4-9-21-14-10-13(3)18-15(19-14)17-11-16(20)7-5-12(2)6-8-16/h10,12,20H,4-9,11H2,1-3H3,(H,17,18,19). The van der Waals surface area contributed by atoms with E-state index in [-0.39, 0.29) is 0 Å². The average molecular weight is 293 g/mol. The maximum Gasteiger partial charge on any atom is 0.226 e. The van der Waals surface area contributed by atoms with Gasteiger partial charge in [0.05, 0.1) is 12.2 Å². The molecule has 0 radical (unpaired) electrons. The van der Waals surface area contributed by atoms with Crippen molar-refractivity contribution in [2.24, 2.45) is 5.92 Å². The molecule has 118 valence electrons. The van der Waals surface area contributed by atoms with Crippen LogP contribution in [0.2, 0.25) is 0 Å². The van der Waals surface area contributed by atoms with E-state index in [1.54, 1.807) is 0 Å². The maximum absolute atomic E-state index is 10.6. The van der Waals surface area contributed by atoms with Gasteiger partial charge in [0.1, 0.15) is 0 Å². The molecule has 0 spiro atoms. The molecule has 1 aliphatic carbocycles.